The van der Waals surface area contributed by atoms with Gasteiger partial charge in [0, 0.05) is 5.22 Å². The molecule has 0 spiro atoms. The van der Waals surface area contributed by atoms with Crippen LogP contribution in [-0.2, 0) is 0 Å². The second-order valence-corrected chi connectivity index (χ2v) is 10.1. The molecule has 2 aromatic heterocycles. The van der Waals surface area contributed by atoms with E-state index in [0.717, 1.165) is 67.3 Å². The first-order chi connectivity index (χ1) is 19.5. The molecule has 8 heteroatoms. The van der Waals surface area contributed by atoms with Crippen molar-refractivity contribution in [1.29, 1.82) is 0 Å². The van der Waals surface area contributed by atoms with Crippen molar-refractivity contribution in [2.24, 2.45) is 10.2 Å². The van der Waals surface area contributed by atoms with E-state index in [-0.39, 0.29) is 0 Å². The summed E-state index contributed by atoms with van der Waals surface area (Å²) in [5, 5.41) is 18.2. The molecule has 2 aliphatic rings. The molecule has 194 valence electrons. The number of benzene rings is 3. The lowest BCUT2D eigenvalue weighted by atomic mass is 10.1. The Balaban J connectivity index is 1.59. The molecule has 2 aliphatic heterocycles. The van der Waals surface area contributed by atoms with Crippen molar-refractivity contribution in [3.63, 3.8) is 0 Å². The number of aryl methyl sites for hydroxylation is 4. The van der Waals surface area contributed by atoms with Crippen LogP contribution >= 0.6 is 0 Å². The molecule has 0 atom stereocenters. The average Bonchev–Trinajstić information content (AvgIpc) is 3.54. The smallest absolute Gasteiger partial charge is 0.183 e. The van der Waals surface area contributed by atoms with Crippen molar-refractivity contribution < 1.29 is 0 Å². The van der Waals surface area contributed by atoms with Crippen LogP contribution in [0, 0.1) is 27.7 Å². The van der Waals surface area contributed by atoms with Gasteiger partial charge < -0.3 is 0 Å². The van der Waals surface area contributed by atoms with Gasteiger partial charge in [0.15, 0.2) is 11.6 Å². The van der Waals surface area contributed by atoms with Crippen LogP contribution in [0.2, 0.25) is 0 Å². The third-order valence-corrected chi connectivity index (χ3v) is 7.37. The van der Waals surface area contributed by atoms with E-state index in [9.17, 15) is 0 Å². The molecule has 0 saturated heterocycles. The highest BCUT2D eigenvalue weighted by Gasteiger charge is 2.38. The number of aromatic nitrogens is 4. The summed E-state index contributed by atoms with van der Waals surface area (Å²) >= 11 is 0. The molecule has 0 saturated carbocycles. The van der Waals surface area contributed by atoms with E-state index in [2.05, 4.69) is 100 Å². The van der Waals surface area contributed by atoms with Crippen molar-refractivity contribution >= 4 is 46.3 Å². The quantitative estimate of drug-likeness (QED) is 0.323. The van der Waals surface area contributed by atoms with Gasteiger partial charge in [0.1, 0.15) is 16.9 Å². The molecule has 8 nitrogen and oxygen atoms in total. The predicted octanol–water partition coefficient (Wildman–Crippen LogP) is 5.23. The first-order valence-electron chi connectivity index (χ1n) is 13.2. The molecule has 0 radical (unpaired) electrons. The summed E-state index contributed by atoms with van der Waals surface area (Å²) in [6.45, 7) is 8.54. The third-order valence-electron chi connectivity index (χ3n) is 7.37. The van der Waals surface area contributed by atoms with E-state index in [0.29, 0.717) is 11.1 Å². The van der Waals surface area contributed by atoms with Crippen molar-refractivity contribution in [2.45, 2.75) is 27.7 Å². The minimum Gasteiger partial charge on any atom is -0.276 e. The van der Waals surface area contributed by atoms with E-state index in [4.69, 9.17) is 9.97 Å². The molecule has 0 bridgehead atoms. The van der Waals surface area contributed by atoms with Gasteiger partial charge in [-0.25, -0.2) is 9.97 Å². The van der Waals surface area contributed by atoms with Gasteiger partial charge in [-0.1, -0.05) is 48.5 Å². The van der Waals surface area contributed by atoms with Gasteiger partial charge in [0.05, 0.1) is 34.8 Å². The number of rotatable bonds is 3. The number of hydrogen-bond donors (Lipinski definition) is 0. The fraction of sp³-hybridized carbons (Fsp3) is 0.125. The molecular weight excluding hydrogens is 496 g/mol. The average molecular weight is 523 g/mol. The van der Waals surface area contributed by atoms with Gasteiger partial charge in [0.2, 0.25) is 0 Å². The van der Waals surface area contributed by atoms with E-state index in [1.165, 1.54) is 0 Å². The monoisotopic (exact) mass is 522 g/mol. The Morgan fingerprint density at radius 2 is 1.20 bits per heavy atom. The van der Waals surface area contributed by atoms with E-state index >= 15 is 0 Å². The zero-order chi connectivity index (χ0) is 27.4. The third kappa shape index (κ3) is 3.68. The number of fused-ring (bicyclic) bond motifs is 3. The Labute approximate surface area is 231 Å². The van der Waals surface area contributed by atoms with Crippen molar-refractivity contribution in [3.8, 4) is 0 Å². The fourth-order valence-electron chi connectivity index (χ4n) is 5.54. The summed E-state index contributed by atoms with van der Waals surface area (Å²) in [7, 11) is 0. The Morgan fingerprint density at radius 1 is 0.650 bits per heavy atom. The van der Waals surface area contributed by atoms with Crippen LogP contribution in [0.15, 0.2) is 89.0 Å². The Kier molecular flexibility index (Phi) is 5.48. The Hall–Kier alpha value is -5.24. The minimum absolute atomic E-state index is 0.662. The van der Waals surface area contributed by atoms with Gasteiger partial charge in [-0.05, 0) is 74.2 Å². The van der Waals surface area contributed by atoms with Gasteiger partial charge in [0.25, 0.3) is 0 Å². The highest BCUT2D eigenvalue weighted by Crippen LogP contribution is 2.50. The van der Waals surface area contributed by atoms with Gasteiger partial charge in [-0.15, -0.1) is 10.2 Å². The molecule has 5 aromatic rings. The van der Waals surface area contributed by atoms with Crippen molar-refractivity contribution in [2.75, 3.05) is 9.80 Å². The molecule has 40 heavy (non-hydrogen) atoms. The number of hydrogen-bond acceptors (Lipinski definition) is 8. The second kappa shape index (κ2) is 9.20. The normalized spacial score (nSPS) is 14.1. The molecule has 3 aromatic carbocycles. The van der Waals surface area contributed by atoms with E-state index in [1.54, 1.807) is 12.4 Å². The fourth-order valence-corrected chi connectivity index (χ4v) is 5.54. The van der Waals surface area contributed by atoms with Crippen LogP contribution < -0.4 is 20.4 Å². The van der Waals surface area contributed by atoms with Gasteiger partial charge in [-0.3, -0.25) is 9.80 Å². The maximum atomic E-state index is 5.20. The standard InChI is InChI=1S/C32H26N8/c1-19-9-7-10-20(2)29(19)39-27(16-15-23-17-33-37-26-18-34-38-28(23)26)40(30-21(3)11-8-12-22(30)4)32-31(39)35-24-13-5-6-14-25(24)36-32/h5-18H,1-4H3/b23-15-. The first kappa shape index (κ1) is 23.8. The van der Waals surface area contributed by atoms with Crippen LogP contribution in [-0.4, -0.2) is 26.4 Å². The number of para-hydroxylation sites is 4. The van der Waals surface area contributed by atoms with E-state index in [1.807, 2.05) is 30.3 Å². The minimum atomic E-state index is 0.662. The zero-order valence-electron chi connectivity index (χ0n) is 22.7. The summed E-state index contributed by atoms with van der Waals surface area (Å²) in [6, 6.07) is 20.7. The SMILES string of the molecule is Cc1cccc(C)c1N1C(=C/C=c2/cnnc3c2=NN=C3)N(c2c(C)cccc2C)c2nc3ccccc3nc21. The molecule has 7 rings (SSSR count). The predicted molar refractivity (Wildman–Crippen MR) is 159 cm³/mol. The molecule has 0 N–H and O–H groups in total. The molecule has 0 fully saturated rings. The second-order valence-electron chi connectivity index (χ2n) is 10.1. The summed E-state index contributed by atoms with van der Waals surface area (Å²) in [6.07, 6.45) is 7.46. The van der Waals surface area contributed by atoms with Gasteiger partial charge >= 0.3 is 0 Å². The van der Waals surface area contributed by atoms with Crippen LogP contribution in [0.1, 0.15) is 27.9 Å². The number of allylic oxidation sites excluding steroid dienone is 1. The molecule has 0 unspecified atom stereocenters. The lowest BCUT2D eigenvalue weighted by Gasteiger charge is -2.28. The summed E-state index contributed by atoms with van der Waals surface area (Å²) < 4.78 is 0. The maximum Gasteiger partial charge on any atom is 0.183 e. The largest absolute Gasteiger partial charge is 0.276 e. The lowest BCUT2D eigenvalue weighted by Crippen LogP contribution is -2.29. The summed E-state index contributed by atoms with van der Waals surface area (Å²) in [4.78, 5) is 14.9. The van der Waals surface area contributed by atoms with Gasteiger partial charge in [-0.2, -0.15) is 10.2 Å². The van der Waals surface area contributed by atoms with Crippen LogP contribution in [0.4, 0.5) is 23.0 Å². The summed E-state index contributed by atoms with van der Waals surface area (Å²) in [5.74, 6) is 2.47. The highest BCUT2D eigenvalue weighted by atomic mass is 15.5. The van der Waals surface area contributed by atoms with Crippen molar-refractivity contribution in [3.05, 3.63) is 117 Å². The Morgan fingerprint density at radius 3 is 1.75 bits per heavy atom. The van der Waals surface area contributed by atoms with Crippen LogP contribution in [0.5, 0.6) is 0 Å². The molecular formula is C32H26N8. The Bertz CT molecular complexity index is 1890. The van der Waals surface area contributed by atoms with Crippen LogP contribution in [0.25, 0.3) is 17.1 Å². The zero-order valence-corrected chi connectivity index (χ0v) is 22.7. The highest BCUT2D eigenvalue weighted by molar-refractivity contribution is 5.95. The number of anilines is 4. The van der Waals surface area contributed by atoms with Crippen molar-refractivity contribution in [1.82, 2.24) is 20.2 Å². The summed E-state index contributed by atoms with van der Waals surface area (Å²) in [5.41, 5.74) is 9.08. The molecule has 0 amide bonds. The topological polar surface area (TPSA) is 82.8 Å². The lowest BCUT2D eigenvalue weighted by molar-refractivity contribution is 0.983. The van der Waals surface area contributed by atoms with Crippen LogP contribution in [0.3, 0.4) is 0 Å². The first-order valence-corrected chi connectivity index (χ1v) is 13.2. The molecule has 4 heterocycles. The maximum absolute atomic E-state index is 5.20. The number of nitrogens with zero attached hydrogens (tertiary/aromatic N) is 8. The molecule has 0 aliphatic carbocycles. The van der Waals surface area contributed by atoms with E-state index < -0.39 is 0 Å².